The molecule has 1 amide bonds. The van der Waals surface area contributed by atoms with Crippen LogP contribution in [0.25, 0.3) is 0 Å². The predicted octanol–water partition coefficient (Wildman–Crippen LogP) is 3.95. The normalized spacial score (nSPS) is 13.3. The van der Waals surface area contributed by atoms with E-state index in [4.69, 9.17) is 9.84 Å². The molecule has 1 heterocycles. The van der Waals surface area contributed by atoms with Crippen LogP contribution in [0, 0.1) is 5.92 Å². The van der Waals surface area contributed by atoms with E-state index in [2.05, 4.69) is 5.32 Å². The van der Waals surface area contributed by atoms with E-state index in [0.717, 1.165) is 4.88 Å². The lowest BCUT2D eigenvalue weighted by atomic mass is 9.85. The first kappa shape index (κ1) is 19.0. The van der Waals surface area contributed by atoms with Crippen molar-refractivity contribution >= 4 is 23.2 Å². The molecule has 0 aliphatic heterocycles. The Kier molecular flexibility index (Phi) is 6.20. The number of carboxylic acids is 1. The summed E-state index contributed by atoms with van der Waals surface area (Å²) in [6.45, 7) is 5.99. The molecule has 0 saturated heterocycles. The smallest absolute Gasteiger partial charge is 0.305 e. The van der Waals surface area contributed by atoms with Crippen molar-refractivity contribution in [3.05, 3.63) is 52.2 Å². The number of rotatable bonds is 8. The molecule has 2 rings (SSSR count). The summed E-state index contributed by atoms with van der Waals surface area (Å²) in [5, 5.41) is 14.0. The Bertz CT molecular complexity index is 727. The van der Waals surface area contributed by atoms with E-state index in [1.165, 1.54) is 0 Å². The van der Waals surface area contributed by atoms with Crippen molar-refractivity contribution in [2.75, 3.05) is 0 Å². The van der Waals surface area contributed by atoms with Gasteiger partial charge >= 0.3 is 5.97 Å². The summed E-state index contributed by atoms with van der Waals surface area (Å²) in [6, 6.07) is 10.9. The van der Waals surface area contributed by atoms with Crippen molar-refractivity contribution in [3.8, 4) is 5.75 Å². The van der Waals surface area contributed by atoms with E-state index >= 15 is 0 Å². The van der Waals surface area contributed by atoms with Crippen LogP contribution < -0.4 is 10.1 Å². The Morgan fingerprint density at radius 2 is 2.04 bits per heavy atom. The summed E-state index contributed by atoms with van der Waals surface area (Å²) in [4.78, 5) is 24.8. The Balaban J connectivity index is 2.08. The number of hydrogen-bond donors (Lipinski definition) is 2. The maximum atomic E-state index is 12.6. The summed E-state index contributed by atoms with van der Waals surface area (Å²) in [7, 11) is 0. The van der Waals surface area contributed by atoms with Crippen molar-refractivity contribution in [1.29, 1.82) is 0 Å². The molecule has 1 aromatic carbocycles. The van der Waals surface area contributed by atoms with Gasteiger partial charge in [-0.2, -0.15) is 0 Å². The van der Waals surface area contributed by atoms with Crippen molar-refractivity contribution < 1.29 is 19.4 Å². The second-order valence-corrected chi connectivity index (χ2v) is 7.52. The molecule has 0 bridgehead atoms. The number of benzene rings is 1. The third-order valence-electron chi connectivity index (χ3n) is 4.25. The van der Waals surface area contributed by atoms with Crippen molar-refractivity contribution in [3.63, 3.8) is 0 Å². The molecule has 2 N–H and O–H groups in total. The van der Waals surface area contributed by atoms with Gasteiger partial charge in [0.2, 0.25) is 0 Å². The third-order valence-corrected chi connectivity index (χ3v) is 5.10. The number of carbonyl (C=O) groups excluding carboxylic acids is 1. The highest BCUT2D eigenvalue weighted by Gasteiger charge is 2.33. The molecular formula is C19H23NO4S. The Morgan fingerprint density at radius 1 is 1.28 bits per heavy atom. The average Bonchev–Trinajstić information content (AvgIpc) is 3.05. The van der Waals surface area contributed by atoms with Gasteiger partial charge in [-0.25, -0.2) is 0 Å². The summed E-state index contributed by atoms with van der Waals surface area (Å²) in [5.41, 5.74) is -0.377. The summed E-state index contributed by atoms with van der Waals surface area (Å²) in [6.07, 6.45) is -0.134. The van der Waals surface area contributed by atoms with Gasteiger partial charge in [0.05, 0.1) is 12.0 Å². The van der Waals surface area contributed by atoms with E-state index in [9.17, 15) is 9.59 Å². The minimum absolute atomic E-state index is 0.0224. The summed E-state index contributed by atoms with van der Waals surface area (Å²) >= 11 is 1.61. The number of aliphatic carboxylic acids is 1. The zero-order chi connectivity index (χ0) is 18.4. The Morgan fingerprint density at radius 3 is 2.64 bits per heavy atom. The van der Waals surface area contributed by atoms with E-state index in [1.807, 2.05) is 31.4 Å². The number of thiophene rings is 1. The molecule has 0 saturated carbocycles. The number of amides is 1. The molecule has 1 aromatic heterocycles. The molecule has 0 fully saturated rings. The molecule has 1 unspecified atom stereocenters. The summed E-state index contributed by atoms with van der Waals surface area (Å²) in [5.74, 6) is -0.667. The van der Waals surface area contributed by atoms with Crippen LogP contribution >= 0.6 is 11.3 Å². The lowest BCUT2D eigenvalue weighted by Crippen LogP contribution is -2.51. The Hall–Kier alpha value is -2.34. The van der Waals surface area contributed by atoms with Gasteiger partial charge in [0.15, 0.2) is 0 Å². The fourth-order valence-electron chi connectivity index (χ4n) is 2.31. The largest absolute Gasteiger partial charge is 0.488 e. The highest BCUT2D eigenvalue weighted by Crippen LogP contribution is 2.23. The van der Waals surface area contributed by atoms with E-state index in [1.54, 1.807) is 42.5 Å². The molecule has 0 spiro atoms. The second kappa shape index (κ2) is 8.16. The zero-order valence-corrected chi connectivity index (χ0v) is 15.4. The van der Waals surface area contributed by atoms with Gasteiger partial charge in [-0.05, 0) is 42.5 Å². The molecule has 134 valence electrons. The molecule has 0 radical (unpaired) electrons. The van der Waals surface area contributed by atoms with Crippen LogP contribution in [0.5, 0.6) is 5.75 Å². The zero-order valence-electron chi connectivity index (χ0n) is 14.6. The maximum Gasteiger partial charge on any atom is 0.305 e. The van der Waals surface area contributed by atoms with Crippen molar-refractivity contribution in [2.24, 2.45) is 5.92 Å². The lowest BCUT2D eigenvalue weighted by Gasteiger charge is -2.33. The van der Waals surface area contributed by atoms with Crippen LogP contribution in [0.15, 0.2) is 41.8 Å². The van der Waals surface area contributed by atoms with Crippen LogP contribution in [0.4, 0.5) is 0 Å². The van der Waals surface area contributed by atoms with Crippen LogP contribution in [0.2, 0.25) is 0 Å². The first-order valence-corrected chi connectivity index (χ1v) is 8.97. The molecular weight excluding hydrogens is 338 g/mol. The van der Waals surface area contributed by atoms with Gasteiger partial charge in [-0.15, -0.1) is 11.3 Å². The fraction of sp³-hybridized carbons (Fsp3) is 0.368. The molecule has 25 heavy (non-hydrogen) atoms. The van der Waals surface area contributed by atoms with Crippen LogP contribution in [0.1, 0.15) is 42.4 Å². The third kappa shape index (κ3) is 5.32. The first-order valence-electron chi connectivity index (χ1n) is 8.10. The molecule has 5 nitrogen and oxygen atoms in total. The molecule has 2 aromatic rings. The lowest BCUT2D eigenvalue weighted by molar-refractivity contribution is -0.138. The van der Waals surface area contributed by atoms with Gasteiger partial charge in [0.25, 0.3) is 5.91 Å². The van der Waals surface area contributed by atoms with Gasteiger partial charge < -0.3 is 15.2 Å². The van der Waals surface area contributed by atoms with Crippen molar-refractivity contribution in [2.45, 2.75) is 39.3 Å². The Labute approximate surface area is 151 Å². The number of ether oxygens (including phenoxy) is 1. The molecule has 6 heteroatoms. The van der Waals surface area contributed by atoms with E-state index < -0.39 is 11.5 Å². The standard InChI is InChI=1S/C19H23NO4S/c1-13(2)19(3,11-17(21)22)20-18(23)14-6-4-7-15(10-14)24-12-16-8-5-9-25-16/h4-10,13H,11-12H2,1-3H3,(H,20,23)(H,21,22). The van der Waals surface area contributed by atoms with Crippen molar-refractivity contribution in [1.82, 2.24) is 5.32 Å². The van der Waals surface area contributed by atoms with Crippen LogP contribution in [-0.2, 0) is 11.4 Å². The van der Waals surface area contributed by atoms with Crippen LogP contribution in [0.3, 0.4) is 0 Å². The monoisotopic (exact) mass is 361 g/mol. The van der Waals surface area contributed by atoms with Gasteiger partial charge in [-0.1, -0.05) is 26.0 Å². The highest BCUT2D eigenvalue weighted by molar-refractivity contribution is 7.09. The maximum absolute atomic E-state index is 12.6. The highest BCUT2D eigenvalue weighted by atomic mass is 32.1. The van der Waals surface area contributed by atoms with E-state index in [-0.39, 0.29) is 18.2 Å². The number of hydrogen-bond acceptors (Lipinski definition) is 4. The topological polar surface area (TPSA) is 75.6 Å². The SMILES string of the molecule is CC(C)C(C)(CC(=O)O)NC(=O)c1cccc(OCc2cccs2)c1. The van der Waals surface area contributed by atoms with Crippen LogP contribution in [-0.4, -0.2) is 22.5 Å². The number of nitrogens with one attached hydrogen (secondary N) is 1. The van der Waals surface area contributed by atoms with E-state index in [0.29, 0.717) is 17.9 Å². The minimum Gasteiger partial charge on any atom is -0.488 e. The minimum atomic E-state index is -0.940. The molecule has 0 aliphatic carbocycles. The quantitative estimate of drug-likeness (QED) is 0.746. The summed E-state index contributed by atoms with van der Waals surface area (Å²) < 4.78 is 5.72. The first-order chi connectivity index (χ1) is 11.8. The molecule has 0 aliphatic rings. The predicted molar refractivity (Wildman–Crippen MR) is 98.1 cm³/mol. The van der Waals surface area contributed by atoms with Gasteiger partial charge in [0.1, 0.15) is 12.4 Å². The number of carboxylic acid groups (broad SMARTS) is 1. The fourth-order valence-corrected chi connectivity index (χ4v) is 2.93. The number of carbonyl (C=O) groups is 2. The second-order valence-electron chi connectivity index (χ2n) is 6.49. The van der Waals surface area contributed by atoms with Gasteiger partial charge in [0, 0.05) is 10.4 Å². The average molecular weight is 361 g/mol. The van der Waals surface area contributed by atoms with Gasteiger partial charge in [-0.3, -0.25) is 9.59 Å². The molecule has 1 atom stereocenters.